The number of amides is 1. The number of rotatable bonds is 7. The molecule has 1 aliphatic carbocycles. The molecule has 21 heavy (non-hydrogen) atoms. The van der Waals surface area contributed by atoms with Gasteiger partial charge in [-0.2, -0.15) is 0 Å². The molecule has 1 amide bonds. The normalized spacial score (nSPS) is 20.8. The Bertz CT molecular complexity index is 484. The first-order valence-corrected chi connectivity index (χ1v) is 9.00. The van der Waals surface area contributed by atoms with Gasteiger partial charge in [-0.15, -0.1) is 11.3 Å². The first-order chi connectivity index (χ1) is 10.2. The Labute approximate surface area is 130 Å². The van der Waals surface area contributed by atoms with E-state index in [1.54, 1.807) is 0 Å². The van der Waals surface area contributed by atoms with Gasteiger partial charge in [0.2, 0.25) is 5.91 Å². The molecule has 0 bridgehead atoms. The summed E-state index contributed by atoms with van der Waals surface area (Å²) in [4.78, 5) is 19.5. The maximum absolute atomic E-state index is 11.6. The summed E-state index contributed by atoms with van der Waals surface area (Å²) in [5.74, 6) is 1.07. The van der Waals surface area contributed by atoms with Crippen molar-refractivity contribution in [2.45, 2.75) is 64.0 Å². The molecule has 3 rings (SSSR count). The molecule has 1 atom stereocenters. The van der Waals surface area contributed by atoms with Crippen molar-refractivity contribution in [3.05, 3.63) is 16.1 Å². The number of carbonyl (C=O) groups excluding carboxylic acids is 1. The molecule has 4 nitrogen and oxygen atoms in total. The van der Waals surface area contributed by atoms with Crippen molar-refractivity contribution in [3.8, 4) is 0 Å². The number of nitrogens with one attached hydrogen (secondary N) is 1. The predicted octanol–water partition coefficient (Wildman–Crippen LogP) is 2.90. The Hall–Kier alpha value is -0.940. The topological polar surface area (TPSA) is 45.2 Å². The minimum atomic E-state index is 0.329. The predicted molar refractivity (Wildman–Crippen MR) is 85.4 cm³/mol. The molecule has 1 aliphatic heterocycles. The summed E-state index contributed by atoms with van der Waals surface area (Å²) in [5, 5.41) is 4.89. The van der Waals surface area contributed by atoms with Gasteiger partial charge in [-0.3, -0.25) is 4.79 Å². The van der Waals surface area contributed by atoms with Crippen LogP contribution >= 0.6 is 11.3 Å². The number of likely N-dealkylation sites (tertiary alicyclic amines) is 1. The average Bonchev–Trinajstić information content (AvgIpc) is 3.02. The Kier molecular flexibility index (Phi) is 4.91. The Morgan fingerprint density at radius 1 is 1.48 bits per heavy atom. The molecule has 116 valence electrons. The third kappa shape index (κ3) is 3.83. The third-order valence-corrected chi connectivity index (χ3v) is 5.81. The van der Waals surface area contributed by atoms with Gasteiger partial charge in [0.25, 0.3) is 0 Å². The first-order valence-electron chi connectivity index (χ1n) is 8.18. The summed E-state index contributed by atoms with van der Waals surface area (Å²) >= 11 is 1.86. The first kappa shape index (κ1) is 15.0. The average molecular weight is 307 g/mol. The standard InChI is InChI=1S/C16H25N3OS/c1-12(7-9-19-8-3-6-15(19)20)17-10-14-11-18-16(21-14)13-4-2-5-13/h11-13,17H,2-10H2,1H3. The van der Waals surface area contributed by atoms with Crippen LogP contribution in [0.4, 0.5) is 0 Å². The third-order valence-electron chi connectivity index (χ3n) is 4.65. The van der Waals surface area contributed by atoms with Crippen molar-refractivity contribution in [1.29, 1.82) is 0 Å². The van der Waals surface area contributed by atoms with E-state index >= 15 is 0 Å². The molecular weight excluding hydrogens is 282 g/mol. The zero-order valence-corrected chi connectivity index (χ0v) is 13.6. The van der Waals surface area contributed by atoms with Gasteiger partial charge >= 0.3 is 0 Å². The van der Waals surface area contributed by atoms with Crippen LogP contribution in [0.25, 0.3) is 0 Å². The molecular formula is C16H25N3OS. The van der Waals surface area contributed by atoms with Crippen molar-refractivity contribution in [3.63, 3.8) is 0 Å². The van der Waals surface area contributed by atoms with Crippen LogP contribution in [0.15, 0.2) is 6.20 Å². The summed E-state index contributed by atoms with van der Waals surface area (Å²) in [5.41, 5.74) is 0. The van der Waals surface area contributed by atoms with Crippen LogP contribution in [0.1, 0.15) is 61.3 Å². The number of carbonyl (C=O) groups is 1. The molecule has 0 radical (unpaired) electrons. The molecule has 1 aromatic rings. The maximum atomic E-state index is 11.6. The maximum Gasteiger partial charge on any atom is 0.222 e. The van der Waals surface area contributed by atoms with Crippen molar-refractivity contribution in [2.75, 3.05) is 13.1 Å². The van der Waals surface area contributed by atoms with Crippen LogP contribution in [0, 0.1) is 0 Å². The van der Waals surface area contributed by atoms with Gasteiger partial charge in [0.05, 0.1) is 5.01 Å². The lowest BCUT2D eigenvalue weighted by Crippen LogP contribution is -2.32. The second-order valence-corrected chi connectivity index (χ2v) is 7.49. The van der Waals surface area contributed by atoms with E-state index in [2.05, 4.69) is 17.2 Å². The minimum absolute atomic E-state index is 0.329. The van der Waals surface area contributed by atoms with Gasteiger partial charge in [0.1, 0.15) is 0 Å². The summed E-state index contributed by atoms with van der Waals surface area (Å²) in [7, 11) is 0. The van der Waals surface area contributed by atoms with E-state index in [-0.39, 0.29) is 0 Å². The summed E-state index contributed by atoms with van der Waals surface area (Å²) < 4.78 is 0. The van der Waals surface area contributed by atoms with Gasteiger partial charge in [-0.25, -0.2) is 4.98 Å². The molecule has 1 saturated heterocycles. The van der Waals surface area contributed by atoms with Crippen molar-refractivity contribution in [2.24, 2.45) is 0 Å². The van der Waals surface area contributed by atoms with E-state index in [0.29, 0.717) is 11.9 Å². The summed E-state index contributed by atoms with van der Waals surface area (Å²) in [6, 6.07) is 0.438. The summed E-state index contributed by atoms with van der Waals surface area (Å²) in [6.07, 6.45) is 8.84. The van der Waals surface area contributed by atoms with Crippen LogP contribution < -0.4 is 5.32 Å². The van der Waals surface area contributed by atoms with Crippen LogP contribution in [-0.2, 0) is 11.3 Å². The number of nitrogens with zero attached hydrogens (tertiary/aromatic N) is 2. The highest BCUT2D eigenvalue weighted by atomic mass is 32.1. The SMILES string of the molecule is CC(CCN1CCCC1=O)NCc1cnc(C2CCC2)s1. The lowest BCUT2D eigenvalue weighted by molar-refractivity contribution is -0.127. The van der Waals surface area contributed by atoms with E-state index in [9.17, 15) is 4.79 Å². The zero-order valence-electron chi connectivity index (χ0n) is 12.8. The van der Waals surface area contributed by atoms with E-state index in [4.69, 9.17) is 0 Å². The van der Waals surface area contributed by atoms with E-state index in [0.717, 1.165) is 44.8 Å². The molecule has 0 aromatic carbocycles. The number of hydrogen-bond acceptors (Lipinski definition) is 4. The van der Waals surface area contributed by atoms with Crippen LogP contribution in [0.2, 0.25) is 0 Å². The van der Waals surface area contributed by atoms with E-state index in [1.165, 1.54) is 29.1 Å². The van der Waals surface area contributed by atoms with Crippen LogP contribution in [0.3, 0.4) is 0 Å². The van der Waals surface area contributed by atoms with Gasteiger partial charge in [-0.1, -0.05) is 6.42 Å². The largest absolute Gasteiger partial charge is 0.343 e. The van der Waals surface area contributed by atoms with Crippen LogP contribution in [-0.4, -0.2) is 34.9 Å². The fourth-order valence-electron chi connectivity index (χ4n) is 2.92. The monoisotopic (exact) mass is 307 g/mol. The molecule has 2 fully saturated rings. The second kappa shape index (κ2) is 6.88. The lowest BCUT2D eigenvalue weighted by atomic mass is 9.86. The van der Waals surface area contributed by atoms with Crippen molar-refractivity contribution < 1.29 is 4.79 Å². The van der Waals surface area contributed by atoms with Gasteiger partial charge in [-0.05, 0) is 32.6 Å². The molecule has 1 aromatic heterocycles. The van der Waals surface area contributed by atoms with Crippen LogP contribution in [0.5, 0.6) is 0 Å². The molecule has 1 unspecified atom stereocenters. The zero-order chi connectivity index (χ0) is 14.7. The minimum Gasteiger partial charge on any atom is -0.343 e. The number of hydrogen-bond donors (Lipinski definition) is 1. The Morgan fingerprint density at radius 3 is 3.00 bits per heavy atom. The van der Waals surface area contributed by atoms with E-state index in [1.807, 2.05) is 22.4 Å². The number of aromatic nitrogens is 1. The highest BCUT2D eigenvalue weighted by Crippen LogP contribution is 2.38. The quantitative estimate of drug-likeness (QED) is 0.842. The fraction of sp³-hybridized carbons (Fsp3) is 0.750. The van der Waals surface area contributed by atoms with Gasteiger partial charge in [0, 0.05) is 49.1 Å². The highest BCUT2D eigenvalue weighted by Gasteiger charge is 2.23. The lowest BCUT2D eigenvalue weighted by Gasteiger charge is -2.22. The van der Waals surface area contributed by atoms with Crippen molar-refractivity contribution >= 4 is 17.2 Å². The highest BCUT2D eigenvalue weighted by molar-refractivity contribution is 7.11. The molecule has 0 spiro atoms. The molecule has 5 heteroatoms. The second-order valence-electron chi connectivity index (χ2n) is 6.35. The van der Waals surface area contributed by atoms with Crippen molar-refractivity contribution in [1.82, 2.24) is 15.2 Å². The molecule has 2 heterocycles. The fourth-order valence-corrected chi connectivity index (χ4v) is 3.95. The van der Waals surface area contributed by atoms with Gasteiger partial charge < -0.3 is 10.2 Å². The molecule has 2 aliphatic rings. The van der Waals surface area contributed by atoms with Gasteiger partial charge in [0.15, 0.2) is 0 Å². The molecule has 1 saturated carbocycles. The smallest absolute Gasteiger partial charge is 0.222 e. The Morgan fingerprint density at radius 2 is 2.33 bits per heavy atom. The summed E-state index contributed by atoms with van der Waals surface area (Å²) in [6.45, 7) is 4.95. The number of thiazole rings is 1. The Balaban J connectivity index is 1.37. The molecule has 1 N–H and O–H groups in total. The van der Waals surface area contributed by atoms with E-state index < -0.39 is 0 Å².